The Morgan fingerprint density at radius 2 is 1.89 bits per heavy atom. The van der Waals surface area contributed by atoms with E-state index in [1.54, 1.807) is 19.2 Å². The minimum absolute atomic E-state index is 0.219. The lowest BCUT2D eigenvalue weighted by molar-refractivity contribution is 0.102. The van der Waals surface area contributed by atoms with Gasteiger partial charge in [-0.25, -0.2) is 9.97 Å². The van der Waals surface area contributed by atoms with Gasteiger partial charge >= 0.3 is 0 Å². The standard InChI is InChI=1S/C14H15N3O/c1-9-4-5-12(8-10(9)2)17-14(18)13-6-7-15-11(3)16-13/h4-8H,1-3H3,(H,17,18). The minimum Gasteiger partial charge on any atom is -0.321 e. The van der Waals surface area contributed by atoms with Gasteiger partial charge in [-0.15, -0.1) is 0 Å². The average molecular weight is 241 g/mol. The van der Waals surface area contributed by atoms with Crippen molar-refractivity contribution in [1.82, 2.24) is 9.97 Å². The fourth-order valence-electron chi connectivity index (χ4n) is 1.60. The summed E-state index contributed by atoms with van der Waals surface area (Å²) in [6, 6.07) is 7.41. The summed E-state index contributed by atoms with van der Waals surface area (Å²) in [5, 5.41) is 2.82. The van der Waals surface area contributed by atoms with Gasteiger partial charge in [0.1, 0.15) is 11.5 Å². The Labute approximate surface area is 106 Å². The molecule has 4 nitrogen and oxygen atoms in total. The Kier molecular flexibility index (Phi) is 3.37. The minimum atomic E-state index is -0.219. The van der Waals surface area contributed by atoms with E-state index in [-0.39, 0.29) is 5.91 Å². The Balaban J connectivity index is 2.18. The second kappa shape index (κ2) is 4.96. The van der Waals surface area contributed by atoms with Gasteiger partial charge in [0.15, 0.2) is 0 Å². The first kappa shape index (κ1) is 12.2. The normalized spacial score (nSPS) is 10.2. The van der Waals surface area contributed by atoms with Crippen molar-refractivity contribution in [2.45, 2.75) is 20.8 Å². The molecule has 1 N–H and O–H groups in total. The van der Waals surface area contributed by atoms with Crippen molar-refractivity contribution in [3.63, 3.8) is 0 Å². The van der Waals surface area contributed by atoms with Gasteiger partial charge in [-0.2, -0.15) is 0 Å². The van der Waals surface area contributed by atoms with Crippen LogP contribution >= 0.6 is 0 Å². The molecule has 1 aromatic heterocycles. The molecule has 0 aliphatic carbocycles. The van der Waals surface area contributed by atoms with Crippen molar-refractivity contribution >= 4 is 11.6 Å². The number of hydrogen-bond donors (Lipinski definition) is 1. The summed E-state index contributed by atoms with van der Waals surface area (Å²) in [5.74, 6) is 0.367. The number of aryl methyl sites for hydroxylation is 3. The number of aromatic nitrogens is 2. The van der Waals surface area contributed by atoms with E-state index in [4.69, 9.17) is 0 Å². The van der Waals surface area contributed by atoms with Gasteiger partial charge in [-0.05, 0) is 50.1 Å². The molecule has 2 rings (SSSR count). The zero-order valence-corrected chi connectivity index (χ0v) is 10.7. The molecule has 1 heterocycles. The van der Waals surface area contributed by atoms with Crippen molar-refractivity contribution < 1.29 is 4.79 Å². The maximum absolute atomic E-state index is 12.0. The molecule has 0 saturated carbocycles. The molecule has 0 radical (unpaired) electrons. The van der Waals surface area contributed by atoms with Gasteiger partial charge in [0.05, 0.1) is 0 Å². The van der Waals surface area contributed by atoms with E-state index in [1.807, 2.05) is 32.0 Å². The van der Waals surface area contributed by atoms with Crippen LogP contribution < -0.4 is 5.32 Å². The van der Waals surface area contributed by atoms with Crippen LogP contribution in [-0.2, 0) is 0 Å². The van der Waals surface area contributed by atoms with Crippen molar-refractivity contribution in [2.24, 2.45) is 0 Å². The van der Waals surface area contributed by atoms with Crippen molar-refractivity contribution in [3.05, 3.63) is 53.1 Å². The number of nitrogens with zero attached hydrogens (tertiary/aromatic N) is 2. The van der Waals surface area contributed by atoms with Gasteiger partial charge < -0.3 is 5.32 Å². The first-order valence-corrected chi connectivity index (χ1v) is 5.74. The van der Waals surface area contributed by atoms with Gasteiger partial charge in [0.2, 0.25) is 0 Å². The number of nitrogens with one attached hydrogen (secondary N) is 1. The van der Waals surface area contributed by atoms with E-state index in [2.05, 4.69) is 15.3 Å². The van der Waals surface area contributed by atoms with Crippen LogP contribution in [0.25, 0.3) is 0 Å². The van der Waals surface area contributed by atoms with Crippen LogP contribution in [-0.4, -0.2) is 15.9 Å². The molecule has 4 heteroatoms. The van der Waals surface area contributed by atoms with Crippen LogP contribution in [0.4, 0.5) is 5.69 Å². The monoisotopic (exact) mass is 241 g/mol. The third kappa shape index (κ3) is 2.71. The maximum Gasteiger partial charge on any atom is 0.274 e. The molecule has 1 aromatic carbocycles. The summed E-state index contributed by atoms with van der Waals surface area (Å²) in [7, 11) is 0. The third-order valence-corrected chi connectivity index (χ3v) is 2.77. The SMILES string of the molecule is Cc1nccc(C(=O)Nc2ccc(C)c(C)c2)n1. The summed E-state index contributed by atoms with van der Waals surface area (Å²) >= 11 is 0. The first-order chi connectivity index (χ1) is 8.56. The summed E-state index contributed by atoms with van der Waals surface area (Å²) in [6.45, 7) is 5.81. The van der Waals surface area contributed by atoms with Crippen LogP contribution in [0.5, 0.6) is 0 Å². The number of carbonyl (C=O) groups excluding carboxylic acids is 1. The molecule has 0 saturated heterocycles. The predicted octanol–water partition coefficient (Wildman–Crippen LogP) is 2.65. The maximum atomic E-state index is 12.0. The fourth-order valence-corrected chi connectivity index (χ4v) is 1.60. The van der Waals surface area contributed by atoms with Gasteiger partial charge in [-0.1, -0.05) is 6.07 Å². The number of anilines is 1. The quantitative estimate of drug-likeness (QED) is 0.879. The van der Waals surface area contributed by atoms with E-state index in [0.717, 1.165) is 11.3 Å². The van der Waals surface area contributed by atoms with Crippen LogP contribution in [0, 0.1) is 20.8 Å². The molecule has 18 heavy (non-hydrogen) atoms. The molecule has 0 aliphatic heterocycles. The molecule has 0 spiro atoms. The predicted molar refractivity (Wildman–Crippen MR) is 70.6 cm³/mol. The summed E-state index contributed by atoms with van der Waals surface area (Å²) in [4.78, 5) is 20.0. The van der Waals surface area contributed by atoms with Crippen LogP contribution in [0.1, 0.15) is 27.4 Å². The van der Waals surface area contributed by atoms with Gasteiger partial charge in [-0.3, -0.25) is 4.79 Å². The van der Waals surface area contributed by atoms with Crippen molar-refractivity contribution in [2.75, 3.05) is 5.32 Å². The smallest absolute Gasteiger partial charge is 0.274 e. The Morgan fingerprint density at radius 1 is 1.11 bits per heavy atom. The molecule has 2 aromatic rings. The average Bonchev–Trinajstić information content (AvgIpc) is 2.34. The number of benzene rings is 1. The topological polar surface area (TPSA) is 54.9 Å². The highest BCUT2D eigenvalue weighted by atomic mass is 16.1. The zero-order valence-electron chi connectivity index (χ0n) is 10.7. The summed E-state index contributed by atoms with van der Waals surface area (Å²) < 4.78 is 0. The van der Waals surface area contributed by atoms with Crippen LogP contribution in [0.3, 0.4) is 0 Å². The lowest BCUT2D eigenvalue weighted by Gasteiger charge is -2.07. The lowest BCUT2D eigenvalue weighted by atomic mass is 10.1. The highest BCUT2D eigenvalue weighted by molar-refractivity contribution is 6.02. The van der Waals surface area contributed by atoms with Gasteiger partial charge in [0.25, 0.3) is 5.91 Å². The van der Waals surface area contributed by atoms with E-state index in [9.17, 15) is 4.79 Å². The molecule has 0 aliphatic rings. The molecule has 0 unspecified atom stereocenters. The second-order valence-corrected chi connectivity index (χ2v) is 4.24. The number of rotatable bonds is 2. The molecular formula is C14H15N3O. The molecule has 0 bridgehead atoms. The summed E-state index contributed by atoms with van der Waals surface area (Å²) in [6.07, 6.45) is 1.58. The van der Waals surface area contributed by atoms with Gasteiger partial charge in [0, 0.05) is 11.9 Å². The third-order valence-electron chi connectivity index (χ3n) is 2.77. The Morgan fingerprint density at radius 3 is 2.56 bits per heavy atom. The zero-order chi connectivity index (χ0) is 13.1. The molecule has 0 atom stereocenters. The molecular weight excluding hydrogens is 226 g/mol. The van der Waals surface area contributed by atoms with E-state index >= 15 is 0 Å². The van der Waals surface area contributed by atoms with E-state index < -0.39 is 0 Å². The van der Waals surface area contributed by atoms with E-state index in [0.29, 0.717) is 11.5 Å². The molecule has 0 fully saturated rings. The number of amides is 1. The van der Waals surface area contributed by atoms with E-state index in [1.165, 1.54) is 5.56 Å². The molecule has 92 valence electrons. The van der Waals surface area contributed by atoms with Crippen molar-refractivity contribution in [3.8, 4) is 0 Å². The second-order valence-electron chi connectivity index (χ2n) is 4.24. The van der Waals surface area contributed by atoms with Crippen LogP contribution in [0.15, 0.2) is 30.5 Å². The van der Waals surface area contributed by atoms with Crippen molar-refractivity contribution in [1.29, 1.82) is 0 Å². The van der Waals surface area contributed by atoms with Crippen LogP contribution in [0.2, 0.25) is 0 Å². The highest BCUT2D eigenvalue weighted by Crippen LogP contribution is 2.14. The Hall–Kier alpha value is -2.23. The summed E-state index contributed by atoms with van der Waals surface area (Å²) in [5.41, 5.74) is 3.50. The fraction of sp³-hybridized carbons (Fsp3) is 0.214. The number of carbonyl (C=O) groups is 1. The largest absolute Gasteiger partial charge is 0.321 e. The first-order valence-electron chi connectivity index (χ1n) is 5.74. The Bertz CT molecular complexity index is 593. The lowest BCUT2D eigenvalue weighted by Crippen LogP contribution is -2.14. The highest BCUT2D eigenvalue weighted by Gasteiger charge is 2.08. The molecule has 1 amide bonds. The number of hydrogen-bond acceptors (Lipinski definition) is 3.